The van der Waals surface area contributed by atoms with Crippen LogP contribution in [0.4, 0.5) is 14.5 Å². The maximum Gasteiger partial charge on any atom is 0.267 e. The summed E-state index contributed by atoms with van der Waals surface area (Å²) in [6.45, 7) is 1.25. The van der Waals surface area contributed by atoms with Crippen molar-refractivity contribution in [3.8, 4) is 17.7 Å². The molecule has 1 aromatic carbocycles. The van der Waals surface area contributed by atoms with E-state index in [1.807, 2.05) is 4.72 Å². The van der Waals surface area contributed by atoms with E-state index in [-0.39, 0.29) is 17.2 Å². The van der Waals surface area contributed by atoms with Crippen molar-refractivity contribution in [2.45, 2.75) is 18.4 Å². The number of H-pyrrole nitrogens is 1. The maximum absolute atomic E-state index is 15.1. The summed E-state index contributed by atoms with van der Waals surface area (Å²) in [5.74, 6) is -2.15. The Labute approximate surface area is 192 Å². The minimum atomic E-state index is -4.44. The smallest absolute Gasteiger partial charge is 0.267 e. The Bertz CT molecular complexity index is 1550. The van der Waals surface area contributed by atoms with E-state index in [1.165, 1.54) is 13.3 Å². The molecule has 0 fully saturated rings. The Hall–Kier alpha value is -4.31. The predicted octanol–water partition coefficient (Wildman–Crippen LogP) is 3.20. The SMILES string of the molecule is COc1ncc(C#N)cc1S(=O)(=O)Nc1ccc(F)c(COc2cnc3n[nH]c(C)c3c2)c1F. The molecule has 3 heterocycles. The van der Waals surface area contributed by atoms with Crippen LogP contribution in [0, 0.1) is 29.9 Å². The standard InChI is InChI=1S/C21H16F2N6O4S/c1-11-14-6-13(9-25-20(14)28-27-11)33-10-15-16(22)3-4-17(19(15)23)29-34(30,31)18-5-12(7-24)8-26-21(18)32-2/h3-6,8-9,29H,10H2,1-2H3,(H,25,27,28). The molecule has 4 rings (SSSR count). The van der Waals surface area contributed by atoms with E-state index in [2.05, 4.69) is 20.2 Å². The average molecular weight is 486 g/mol. The molecule has 0 aliphatic carbocycles. The Morgan fingerprint density at radius 1 is 1.21 bits per heavy atom. The molecule has 4 aromatic rings. The Kier molecular flexibility index (Phi) is 5.99. The number of hydrogen-bond donors (Lipinski definition) is 2. The second-order valence-electron chi connectivity index (χ2n) is 7.02. The lowest BCUT2D eigenvalue weighted by Crippen LogP contribution is -2.17. The van der Waals surface area contributed by atoms with Gasteiger partial charge in [0.25, 0.3) is 10.0 Å². The van der Waals surface area contributed by atoms with Crippen LogP contribution in [0.15, 0.2) is 41.6 Å². The molecule has 174 valence electrons. The summed E-state index contributed by atoms with van der Waals surface area (Å²) in [6.07, 6.45) is 2.48. The van der Waals surface area contributed by atoms with Gasteiger partial charge in [0, 0.05) is 17.3 Å². The molecule has 0 saturated heterocycles. The van der Waals surface area contributed by atoms with Crippen molar-refractivity contribution in [1.29, 1.82) is 5.26 Å². The molecular formula is C21H16F2N6O4S. The summed E-state index contributed by atoms with van der Waals surface area (Å²) in [5, 5.41) is 16.5. The predicted molar refractivity (Wildman–Crippen MR) is 116 cm³/mol. The first-order valence-electron chi connectivity index (χ1n) is 9.61. The molecule has 3 aromatic heterocycles. The zero-order chi connectivity index (χ0) is 24.5. The van der Waals surface area contributed by atoms with Crippen molar-refractivity contribution in [2.24, 2.45) is 0 Å². The zero-order valence-electron chi connectivity index (χ0n) is 17.8. The van der Waals surface area contributed by atoms with Gasteiger partial charge in [0.15, 0.2) is 16.4 Å². The van der Waals surface area contributed by atoms with Crippen LogP contribution in [-0.2, 0) is 16.6 Å². The lowest BCUT2D eigenvalue weighted by Gasteiger charge is -2.14. The van der Waals surface area contributed by atoms with Crippen molar-refractivity contribution in [1.82, 2.24) is 20.2 Å². The van der Waals surface area contributed by atoms with Gasteiger partial charge in [0.2, 0.25) is 5.88 Å². The lowest BCUT2D eigenvalue weighted by atomic mass is 10.2. The van der Waals surface area contributed by atoms with Crippen LogP contribution in [0.5, 0.6) is 11.6 Å². The highest BCUT2D eigenvalue weighted by atomic mass is 32.2. The Balaban J connectivity index is 1.62. The summed E-state index contributed by atoms with van der Waals surface area (Å²) in [5.41, 5.74) is 0.133. The van der Waals surface area contributed by atoms with Gasteiger partial charge < -0.3 is 9.47 Å². The van der Waals surface area contributed by atoms with Crippen molar-refractivity contribution < 1.29 is 26.7 Å². The number of rotatable bonds is 7. The number of nitrogens with zero attached hydrogens (tertiary/aromatic N) is 4. The largest absolute Gasteiger partial charge is 0.487 e. The second-order valence-corrected chi connectivity index (χ2v) is 8.67. The first kappa shape index (κ1) is 22.9. The molecule has 0 unspecified atom stereocenters. The number of halogens is 2. The fourth-order valence-electron chi connectivity index (χ4n) is 3.08. The fourth-order valence-corrected chi connectivity index (χ4v) is 4.29. The number of pyridine rings is 2. The van der Waals surface area contributed by atoms with Crippen molar-refractivity contribution in [2.75, 3.05) is 11.8 Å². The molecule has 0 bridgehead atoms. The molecule has 0 aliphatic heterocycles. The topological polar surface area (TPSA) is 143 Å². The van der Waals surface area contributed by atoms with E-state index in [4.69, 9.17) is 14.7 Å². The van der Waals surface area contributed by atoms with Crippen LogP contribution < -0.4 is 14.2 Å². The number of sulfonamides is 1. The number of aromatic nitrogens is 4. The van der Waals surface area contributed by atoms with Gasteiger partial charge in [-0.1, -0.05) is 0 Å². The Morgan fingerprint density at radius 3 is 2.74 bits per heavy atom. The molecule has 2 N–H and O–H groups in total. The van der Waals surface area contributed by atoms with E-state index in [1.54, 1.807) is 19.1 Å². The molecule has 0 atom stereocenters. The van der Waals surface area contributed by atoms with Gasteiger partial charge in [0.1, 0.15) is 24.2 Å². The van der Waals surface area contributed by atoms with Gasteiger partial charge in [0.05, 0.1) is 30.1 Å². The monoisotopic (exact) mass is 486 g/mol. The quantitative estimate of drug-likeness (QED) is 0.405. The molecule has 0 radical (unpaired) electrons. The van der Waals surface area contributed by atoms with E-state index in [9.17, 15) is 12.8 Å². The minimum absolute atomic E-state index is 0.0479. The first-order valence-corrected chi connectivity index (χ1v) is 11.1. The highest BCUT2D eigenvalue weighted by Gasteiger charge is 2.25. The third-order valence-electron chi connectivity index (χ3n) is 4.82. The summed E-state index contributed by atoms with van der Waals surface area (Å²) >= 11 is 0. The molecule has 34 heavy (non-hydrogen) atoms. The molecule has 10 nitrogen and oxygen atoms in total. The van der Waals surface area contributed by atoms with Crippen LogP contribution in [0.2, 0.25) is 0 Å². The van der Waals surface area contributed by atoms with E-state index >= 15 is 4.39 Å². The number of anilines is 1. The number of nitriles is 1. The number of aromatic amines is 1. The summed E-state index contributed by atoms with van der Waals surface area (Å²) in [4.78, 5) is 7.39. The molecule has 0 spiro atoms. The zero-order valence-corrected chi connectivity index (χ0v) is 18.6. The number of nitrogens with one attached hydrogen (secondary N) is 2. The number of ether oxygens (including phenoxy) is 2. The number of aryl methyl sites for hydroxylation is 1. The lowest BCUT2D eigenvalue weighted by molar-refractivity contribution is 0.292. The van der Waals surface area contributed by atoms with Crippen molar-refractivity contribution in [3.05, 3.63) is 65.1 Å². The van der Waals surface area contributed by atoms with Crippen molar-refractivity contribution >= 4 is 26.7 Å². The minimum Gasteiger partial charge on any atom is -0.487 e. The maximum atomic E-state index is 15.1. The van der Waals surface area contributed by atoms with E-state index in [0.29, 0.717) is 11.0 Å². The van der Waals surface area contributed by atoms with E-state index in [0.717, 1.165) is 30.1 Å². The summed E-state index contributed by atoms with van der Waals surface area (Å²) in [6, 6.07) is 6.25. The van der Waals surface area contributed by atoms with Crippen molar-refractivity contribution in [3.63, 3.8) is 0 Å². The van der Waals surface area contributed by atoms with Crippen LogP contribution in [0.1, 0.15) is 16.8 Å². The fraction of sp³-hybridized carbons (Fsp3) is 0.143. The Morgan fingerprint density at radius 2 is 2.00 bits per heavy atom. The second kappa shape index (κ2) is 8.91. The number of benzene rings is 1. The molecule has 13 heteroatoms. The van der Waals surface area contributed by atoms with E-state index < -0.39 is 44.4 Å². The number of fused-ring (bicyclic) bond motifs is 1. The molecule has 0 amide bonds. The van der Waals surface area contributed by atoms with Gasteiger partial charge in [-0.3, -0.25) is 9.82 Å². The van der Waals surface area contributed by atoms with Gasteiger partial charge in [-0.15, -0.1) is 0 Å². The molecule has 0 aliphatic rings. The van der Waals surface area contributed by atoms with Gasteiger partial charge in [-0.25, -0.2) is 27.2 Å². The highest BCUT2D eigenvalue weighted by Crippen LogP contribution is 2.29. The van der Waals surface area contributed by atoms with Gasteiger partial charge in [-0.05, 0) is 31.2 Å². The number of methoxy groups -OCH3 is 1. The van der Waals surface area contributed by atoms with Crippen LogP contribution in [0.3, 0.4) is 0 Å². The van der Waals surface area contributed by atoms with Crippen LogP contribution in [-0.4, -0.2) is 35.7 Å². The highest BCUT2D eigenvalue weighted by molar-refractivity contribution is 7.92. The first-order chi connectivity index (χ1) is 16.2. The molecular weight excluding hydrogens is 470 g/mol. The average Bonchev–Trinajstić information content (AvgIpc) is 3.20. The number of hydrogen-bond acceptors (Lipinski definition) is 8. The molecule has 0 saturated carbocycles. The third-order valence-corrected chi connectivity index (χ3v) is 6.18. The third kappa shape index (κ3) is 4.30. The summed E-state index contributed by atoms with van der Waals surface area (Å²) < 4.78 is 67.7. The normalized spacial score (nSPS) is 11.3. The van der Waals surface area contributed by atoms with Crippen LogP contribution >= 0.6 is 0 Å². The summed E-state index contributed by atoms with van der Waals surface area (Å²) in [7, 11) is -3.25. The van der Waals surface area contributed by atoms with Gasteiger partial charge >= 0.3 is 0 Å². The van der Waals surface area contributed by atoms with Gasteiger partial charge in [-0.2, -0.15) is 10.4 Å². The van der Waals surface area contributed by atoms with Crippen LogP contribution in [0.25, 0.3) is 11.0 Å².